The zero-order chi connectivity index (χ0) is 22.3. The van der Waals surface area contributed by atoms with Gasteiger partial charge in [-0.3, -0.25) is 4.79 Å². The van der Waals surface area contributed by atoms with Gasteiger partial charge in [0.25, 0.3) is 0 Å². The Morgan fingerprint density at radius 3 is 2.29 bits per heavy atom. The van der Waals surface area contributed by atoms with Crippen molar-refractivity contribution >= 4 is 23.4 Å². The van der Waals surface area contributed by atoms with Gasteiger partial charge in [-0.05, 0) is 31.9 Å². The van der Waals surface area contributed by atoms with Crippen LogP contribution in [-0.4, -0.2) is 27.9 Å². The molecule has 31 heavy (non-hydrogen) atoms. The lowest BCUT2D eigenvalue weighted by molar-refractivity contribution is -0.145. The van der Waals surface area contributed by atoms with E-state index in [1.165, 1.54) is 11.3 Å². The fraction of sp³-hybridized carbons (Fsp3) is 0.304. The van der Waals surface area contributed by atoms with Crippen LogP contribution in [0.3, 0.4) is 0 Å². The van der Waals surface area contributed by atoms with Gasteiger partial charge < -0.3 is 14.8 Å². The number of hydrogen-bond acceptors (Lipinski definition) is 7. The molecule has 0 saturated carbocycles. The number of aromatic nitrogens is 2. The summed E-state index contributed by atoms with van der Waals surface area (Å²) in [5, 5.41) is 12.0. The van der Waals surface area contributed by atoms with Gasteiger partial charge in [0.1, 0.15) is 28.1 Å². The van der Waals surface area contributed by atoms with Crippen LogP contribution in [0.5, 0.6) is 0 Å². The molecule has 0 aliphatic rings. The maximum Gasteiger partial charge on any atom is 0.408 e. The molecule has 0 fully saturated rings. The molecule has 2 aromatic carbocycles. The minimum atomic E-state index is -0.697. The maximum absolute atomic E-state index is 13.0. The Bertz CT molecular complexity index is 1000. The van der Waals surface area contributed by atoms with Crippen molar-refractivity contribution in [2.24, 2.45) is 0 Å². The number of carbonyl (C=O) groups is 2. The zero-order valence-corrected chi connectivity index (χ0v) is 18.5. The number of rotatable bonds is 7. The Labute approximate surface area is 185 Å². The van der Waals surface area contributed by atoms with Gasteiger partial charge in [0.15, 0.2) is 0 Å². The molecule has 3 aromatic rings. The van der Waals surface area contributed by atoms with Crippen molar-refractivity contribution in [3.8, 4) is 0 Å². The SMILES string of the molecule is CC(C)(C)OC(=O)NCc1nnc(C(C(=O)OCc2ccccc2)c2ccccc2)s1. The highest BCUT2D eigenvalue weighted by molar-refractivity contribution is 7.11. The highest BCUT2D eigenvalue weighted by Crippen LogP contribution is 2.29. The number of nitrogens with one attached hydrogen (secondary N) is 1. The first-order chi connectivity index (χ1) is 14.8. The Morgan fingerprint density at radius 2 is 1.65 bits per heavy atom. The van der Waals surface area contributed by atoms with Crippen molar-refractivity contribution in [3.63, 3.8) is 0 Å². The van der Waals surface area contributed by atoms with Gasteiger partial charge in [-0.1, -0.05) is 72.0 Å². The van der Waals surface area contributed by atoms with E-state index in [-0.39, 0.29) is 13.2 Å². The van der Waals surface area contributed by atoms with E-state index >= 15 is 0 Å². The third-order valence-electron chi connectivity index (χ3n) is 4.10. The molecule has 1 atom stereocenters. The van der Waals surface area contributed by atoms with Gasteiger partial charge >= 0.3 is 12.1 Å². The molecule has 3 rings (SSSR count). The summed E-state index contributed by atoms with van der Waals surface area (Å²) in [6.45, 7) is 5.71. The van der Waals surface area contributed by atoms with E-state index in [0.29, 0.717) is 10.0 Å². The molecule has 1 amide bonds. The summed E-state index contributed by atoms with van der Waals surface area (Å²) in [6, 6.07) is 18.8. The Hall–Kier alpha value is -3.26. The van der Waals surface area contributed by atoms with Crippen LogP contribution in [0, 0.1) is 0 Å². The summed E-state index contributed by atoms with van der Waals surface area (Å²) in [6.07, 6.45) is -0.536. The smallest absolute Gasteiger partial charge is 0.408 e. The van der Waals surface area contributed by atoms with Crippen molar-refractivity contribution in [3.05, 3.63) is 81.8 Å². The van der Waals surface area contributed by atoms with Crippen LogP contribution < -0.4 is 5.32 Å². The number of ether oxygens (including phenoxy) is 2. The van der Waals surface area contributed by atoms with Gasteiger partial charge in [-0.2, -0.15) is 0 Å². The molecule has 0 aliphatic carbocycles. The minimum absolute atomic E-state index is 0.160. The Balaban J connectivity index is 1.71. The number of alkyl carbamates (subject to hydrolysis) is 1. The van der Waals surface area contributed by atoms with Crippen molar-refractivity contribution in [2.45, 2.75) is 45.4 Å². The molecule has 1 unspecified atom stereocenters. The van der Waals surface area contributed by atoms with Crippen molar-refractivity contribution in [2.75, 3.05) is 0 Å². The van der Waals surface area contributed by atoms with Crippen LogP contribution in [0.25, 0.3) is 0 Å². The van der Waals surface area contributed by atoms with Gasteiger partial charge in [-0.25, -0.2) is 4.79 Å². The second-order valence-electron chi connectivity index (χ2n) is 7.83. The summed E-state index contributed by atoms with van der Waals surface area (Å²) >= 11 is 1.25. The summed E-state index contributed by atoms with van der Waals surface area (Å²) in [4.78, 5) is 24.8. The molecular formula is C23H25N3O4S. The Kier molecular flexibility index (Phi) is 7.36. The number of benzene rings is 2. The topological polar surface area (TPSA) is 90.4 Å². The van der Waals surface area contributed by atoms with Gasteiger partial charge in [0.05, 0.1) is 6.54 Å². The van der Waals surface area contributed by atoms with Crippen LogP contribution in [0.4, 0.5) is 4.79 Å². The molecule has 0 aliphatic heterocycles. The maximum atomic E-state index is 13.0. The van der Waals surface area contributed by atoms with E-state index in [1.807, 2.05) is 60.7 Å². The van der Waals surface area contributed by atoms with E-state index < -0.39 is 23.6 Å². The number of amides is 1. The fourth-order valence-electron chi connectivity index (χ4n) is 2.75. The first-order valence-corrected chi connectivity index (χ1v) is 10.7. The first kappa shape index (κ1) is 22.4. The second kappa shape index (κ2) is 10.2. The lowest BCUT2D eigenvalue weighted by Crippen LogP contribution is -2.32. The average molecular weight is 440 g/mol. The number of nitrogens with zero attached hydrogens (tertiary/aromatic N) is 2. The molecule has 0 spiro atoms. The first-order valence-electron chi connectivity index (χ1n) is 9.86. The van der Waals surface area contributed by atoms with Crippen LogP contribution in [-0.2, 0) is 27.4 Å². The highest BCUT2D eigenvalue weighted by Gasteiger charge is 2.28. The lowest BCUT2D eigenvalue weighted by Gasteiger charge is -2.19. The third kappa shape index (κ3) is 6.89. The minimum Gasteiger partial charge on any atom is -0.460 e. The standard InChI is InChI=1S/C23H25N3O4S/c1-23(2,3)30-22(28)24-14-18-25-26-20(31-18)19(17-12-8-5-9-13-17)21(27)29-15-16-10-6-4-7-11-16/h4-13,19H,14-15H2,1-3H3,(H,24,28). The number of carbonyl (C=O) groups excluding carboxylic acids is 2. The van der Waals surface area contributed by atoms with Crippen molar-refractivity contribution < 1.29 is 19.1 Å². The van der Waals surface area contributed by atoms with Crippen molar-refractivity contribution in [1.29, 1.82) is 0 Å². The van der Waals surface area contributed by atoms with E-state index in [9.17, 15) is 9.59 Å². The third-order valence-corrected chi connectivity index (χ3v) is 5.09. The summed E-state index contributed by atoms with van der Waals surface area (Å²) in [7, 11) is 0. The average Bonchev–Trinajstić information content (AvgIpc) is 3.20. The normalized spacial score (nSPS) is 12.1. The summed E-state index contributed by atoms with van der Waals surface area (Å²) in [5.41, 5.74) is 1.09. The molecular weight excluding hydrogens is 414 g/mol. The van der Waals surface area contributed by atoms with Gasteiger partial charge in [0.2, 0.25) is 0 Å². The number of hydrogen-bond donors (Lipinski definition) is 1. The molecule has 1 aromatic heterocycles. The quantitative estimate of drug-likeness (QED) is 0.548. The van der Waals surface area contributed by atoms with E-state index in [0.717, 1.165) is 11.1 Å². The molecule has 162 valence electrons. The van der Waals surface area contributed by atoms with Crippen molar-refractivity contribution in [1.82, 2.24) is 15.5 Å². The van der Waals surface area contributed by atoms with Crippen LogP contribution in [0.1, 0.15) is 47.8 Å². The van der Waals surface area contributed by atoms with Crippen LogP contribution in [0.15, 0.2) is 60.7 Å². The number of esters is 1. The molecule has 0 saturated heterocycles. The lowest BCUT2D eigenvalue weighted by atomic mass is 10.0. The fourth-order valence-corrected chi connectivity index (χ4v) is 3.65. The summed E-state index contributed by atoms with van der Waals surface area (Å²) in [5.74, 6) is -1.10. The zero-order valence-electron chi connectivity index (χ0n) is 17.7. The van der Waals surface area contributed by atoms with Crippen LogP contribution in [0.2, 0.25) is 0 Å². The highest BCUT2D eigenvalue weighted by atomic mass is 32.1. The molecule has 1 heterocycles. The van der Waals surface area contributed by atoms with Gasteiger partial charge in [0, 0.05) is 0 Å². The van der Waals surface area contributed by atoms with Gasteiger partial charge in [-0.15, -0.1) is 10.2 Å². The van der Waals surface area contributed by atoms with E-state index in [4.69, 9.17) is 9.47 Å². The molecule has 0 bridgehead atoms. The molecule has 0 radical (unpaired) electrons. The van der Waals surface area contributed by atoms with E-state index in [1.54, 1.807) is 20.8 Å². The van der Waals surface area contributed by atoms with Crippen LogP contribution >= 0.6 is 11.3 Å². The predicted octanol–water partition coefficient (Wildman–Crippen LogP) is 4.44. The monoisotopic (exact) mass is 439 g/mol. The molecule has 1 N–H and O–H groups in total. The molecule has 8 heteroatoms. The van der Waals surface area contributed by atoms with E-state index in [2.05, 4.69) is 15.5 Å². The molecule has 7 nitrogen and oxygen atoms in total. The summed E-state index contributed by atoms with van der Waals surface area (Å²) < 4.78 is 10.8. The largest absolute Gasteiger partial charge is 0.460 e. The predicted molar refractivity (Wildman–Crippen MR) is 118 cm³/mol. The second-order valence-corrected chi connectivity index (χ2v) is 8.92. The Morgan fingerprint density at radius 1 is 1.00 bits per heavy atom.